The highest BCUT2D eigenvalue weighted by atomic mass is 31.1. The summed E-state index contributed by atoms with van der Waals surface area (Å²) in [5.41, 5.74) is 1.26. The molecule has 0 fully saturated rings. The zero-order valence-corrected chi connectivity index (χ0v) is 9.89. The maximum absolute atomic E-state index is 12.7. The van der Waals surface area contributed by atoms with Crippen molar-refractivity contribution in [2.24, 2.45) is 0 Å². The molecule has 2 atom stereocenters. The van der Waals surface area contributed by atoms with Crippen molar-refractivity contribution in [2.75, 3.05) is 12.3 Å². The summed E-state index contributed by atoms with van der Waals surface area (Å²) in [5.74, 6) is 0.428. The summed E-state index contributed by atoms with van der Waals surface area (Å²) in [5, 5.41) is 0. The van der Waals surface area contributed by atoms with Crippen LogP contribution in [0.2, 0.25) is 0 Å². The van der Waals surface area contributed by atoms with E-state index in [0.717, 1.165) is 8.58 Å². The quantitative estimate of drug-likeness (QED) is 0.511. The second-order valence-electron chi connectivity index (χ2n) is 3.66. The van der Waals surface area contributed by atoms with Gasteiger partial charge in [-0.2, -0.15) is 0 Å². The Kier molecular flexibility index (Phi) is 5.11. The van der Waals surface area contributed by atoms with Crippen molar-refractivity contribution in [3.63, 3.8) is 0 Å². The van der Waals surface area contributed by atoms with Crippen LogP contribution in [0.25, 0.3) is 0 Å². The van der Waals surface area contributed by atoms with Gasteiger partial charge >= 0.3 is 0 Å². The van der Waals surface area contributed by atoms with Gasteiger partial charge in [-0.25, -0.2) is 4.39 Å². The first-order chi connectivity index (χ1) is 6.74. The molecular formula is C12H18FP. The Morgan fingerprint density at radius 2 is 1.93 bits per heavy atom. The van der Waals surface area contributed by atoms with E-state index in [2.05, 4.69) is 13.8 Å². The molecule has 2 unspecified atom stereocenters. The Morgan fingerprint density at radius 3 is 2.50 bits per heavy atom. The molecule has 1 aromatic rings. The minimum atomic E-state index is -0.142. The van der Waals surface area contributed by atoms with Gasteiger partial charge in [0, 0.05) is 0 Å². The molecule has 0 aromatic heterocycles. The van der Waals surface area contributed by atoms with Crippen molar-refractivity contribution in [2.45, 2.75) is 26.2 Å². The van der Waals surface area contributed by atoms with Crippen LogP contribution in [-0.2, 0) is 0 Å². The average molecular weight is 212 g/mol. The normalized spacial score (nSPS) is 13.6. The molecular weight excluding hydrogens is 194 g/mol. The fourth-order valence-corrected chi connectivity index (χ4v) is 2.63. The lowest BCUT2D eigenvalue weighted by Gasteiger charge is -2.11. The Bertz CT molecular complexity index is 256. The van der Waals surface area contributed by atoms with Crippen LogP contribution in [0.3, 0.4) is 0 Å². The highest BCUT2D eigenvalue weighted by molar-refractivity contribution is 7.38. The van der Waals surface area contributed by atoms with Crippen LogP contribution in [0.15, 0.2) is 24.3 Å². The molecule has 1 rings (SSSR count). The molecule has 0 bridgehead atoms. The van der Waals surface area contributed by atoms with Crippen molar-refractivity contribution in [1.82, 2.24) is 0 Å². The maximum Gasteiger partial charge on any atom is 0.123 e. The highest BCUT2D eigenvalue weighted by Gasteiger charge is 2.04. The Balaban J connectivity index is 2.43. The van der Waals surface area contributed by atoms with E-state index in [0.29, 0.717) is 5.92 Å². The molecule has 0 spiro atoms. The van der Waals surface area contributed by atoms with Crippen LogP contribution in [0, 0.1) is 5.82 Å². The zero-order valence-electron chi connectivity index (χ0n) is 8.89. The van der Waals surface area contributed by atoms with E-state index in [1.54, 1.807) is 12.1 Å². The molecule has 0 amide bonds. The molecule has 0 heterocycles. The summed E-state index contributed by atoms with van der Waals surface area (Å²) in [6.07, 6.45) is 3.83. The Morgan fingerprint density at radius 1 is 1.29 bits per heavy atom. The lowest BCUT2D eigenvalue weighted by atomic mass is 10.0. The van der Waals surface area contributed by atoms with Gasteiger partial charge in [-0.15, -0.1) is 8.58 Å². The molecule has 0 aliphatic heterocycles. The fraction of sp³-hybridized carbons (Fsp3) is 0.500. The molecule has 0 N–H and O–H groups in total. The number of benzene rings is 1. The van der Waals surface area contributed by atoms with Gasteiger partial charge in [0.25, 0.3) is 0 Å². The van der Waals surface area contributed by atoms with Crippen LogP contribution in [0.5, 0.6) is 0 Å². The van der Waals surface area contributed by atoms with Gasteiger partial charge in [0.15, 0.2) is 0 Å². The van der Waals surface area contributed by atoms with Crippen LogP contribution in [-0.4, -0.2) is 12.3 Å². The fourth-order valence-electron chi connectivity index (χ4n) is 1.40. The maximum atomic E-state index is 12.7. The van der Waals surface area contributed by atoms with Gasteiger partial charge in [0.1, 0.15) is 5.82 Å². The number of halogens is 1. The molecule has 78 valence electrons. The molecule has 0 saturated heterocycles. The van der Waals surface area contributed by atoms with E-state index in [1.165, 1.54) is 24.3 Å². The number of rotatable bonds is 5. The van der Waals surface area contributed by atoms with E-state index in [9.17, 15) is 4.39 Å². The molecule has 2 heteroatoms. The van der Waals surface area contributed by atoms with Crippen LogP contribution in [0.4, 0.5) is 4.39 Å². The lowest BCUT2D eigenvalue weighted by molar-refractivity contribution is 0.626. The molecule has 0 nitrogen and oxygen atoms in total. The van der Waals surface area contributed by atoms with Gasteiger partial charge in [-0.05, 0) is 35.9 Å². The molecule has 0 saturated carbocycles. The molecule has 0 aliphatic carbocycles. The molecule has 0 radical (unpaired) electrons. The summed E-state index contributed by atoms with van der Waals surface area (Å²) in [4.78, 5) is 0. The highest BCUT2D eigenvalue weighted by Crippen LogP contribution is 2.24. The van der Waals surface area contributed by atoms with Crippen molar-refractivity contribution < 1.29 is 4.39 Å². The number of hydrogen-bond acceptors (Lipinski definition) is 0. The first-order valence-electron chi connectivity index (χ1n) is 5.20. The third-order valence-corrected chi connectivity index (χ3v) is 4.07. The van der Waals surface area contributed by atoms with Crippen molar-refractivity contribution >= 4 is 8.58 Å². The summed E-state index contributed by atoms with van der Waals surface area (Å²) in [7, 11) is 1.04. The Labute approximate surface area is 87.7 Å². The van der Waals surface area contributed by atoms with Crippen LogP contribution >= 0.6 is 8.58 Å². The van der Waals surface area contributed by atoms with Crippen LogP contribution < -0.4 is 0 Å². The van der Waals surface area contributed by atoms with Crippen LogP contribution in [0.1, 0.15) is 31.7 Å². The minimum Gasteiger partial charge on any atom is -0.207 e. The van der Waals surface area contributed by atoms with Gasteiger partial charge in [0.2, 0.25) is 0 Å². The standard InChI is InChI=1S/C12H18FP/c1-3-8-14-9-10(2)11-4-6-12(13)7-5-11/h4-7,10,14H,3,8-9H2,1-2H3. The summed E-state index contributed by atoms with van der Waals surface area (Å²) < 4.78 is 12.7. The third-order valence-electron chi connectivity index (χ3n) is 2.32. The topological polar surface area (TPSA) is 0 Å². The SMILES string of the molecule is CCCPCC(C)c1ccc(F)cc1. The van der Waals surface area contributed by atoms with E-state index in [4.69, 9.17) is 0 Å². The second-order valence-corrected chi connectivity index (χ2v) is 5.06. The van der Waals surface area contributed by atoms with E-state index < -0.39 is 0 Å². The van der Waals surface area contributed by atoms with Gasteiger partial charge in [0.05, 0.1) is 0 Å². The first kappa shape index (κ1) is 11.7. The number of hydrogen-bond donors (Lipinski definition) is 0. The predicted molar refractivity (Wildman–Crippen MR) is 63.2 cm³/mol. The van der Waals surface area contributed by atoms with Gasteiger partial charge in [-0.1, -0.05) is 32.4 Å². The Hall–Kier alpha value is -0.420. The average Bonchev–Trinajstić information content (AvgIpc) is 2.19. The summed E-state index contributed by atoms with van der Waals surface area (Å²) >= 11 is 0. The molecule has 1 aromatic carbocycles. The van der Waals surface area contributed by atoms with Crippen molar-refractivity contribution in [1.29, 1.82) is 0 Å². The smallest absolute Gasteiger partial charge is 0.123 e. The summed E-state index contributed by atoms with van der Waals surface area (Å²) in [6.45, 7) is 4.44. The van der Waals surface area contributed by atoms with Gasteiger partial charge < -0.3 is 0 Å². The minimum absolute atomic E-state index is 0.142. The monoisotopic (exact) mass is 212 g/mol. The summed E-state index contributed by atoms with van der Waals surface area (Å²) in [6, 6.07) is 6.90. The van der Waals surface area contributed by atoms with E-state index >= 15 is 0 Å². The third kappa shape index (κ3) is 3.75. The van der Waals surface area contributed by atoms with E-state index in [1.807, 2.05) is 12.1 Å². The largest absolute Gasteiger partial charge is 0.207 e. The molecule has 0 aliphatic rings. The van der Waals surface area contributed by atoms with E-state index in [-0.39, 0.29) is 5.82 Å². The van der Waals surface area contributed by atoms with Crippen molar-refractivity contribution in [3.05, 3.63) is 35.6 Å². The zero-order chi connectivity index (χ0) is 10.4. The van der Waals surface area contributed by atoms with Gasteiger partial charge in [-0.3, -0.25) is 0 Å². The predicted octanol–water partition coefficient (Wildman–Crippen LogP) is 4.02. The lowest BCUT2D eigenvalue weighted by Crippen LogP contribution is -1.96. The molecule has 14 heavy (non-hydrogen) atoms. The van der Waals surface area contributed by atoms with Crippen molar-refractivity contribution in [3.8, 4) is 0 Å². The second kappa shape index (κ2) is 6.14. The first-order valence-corrected chi connectivity index (χ1v) is 6.61.